The van der Waals surface area contributed by atoms with Crippen molar-refractivity contribution in [2.24, 2.45) is 11.8 Å². The quantitative estimate of drug-likeness (QED) is 0.236. The van der Waals surface area contributed by atoms with E-state index < -0.39 is 0 Å². The molecule has 0 radical (unpaired) electrons. The van der Waals surface area contributed by atoms with Crippen LogP contribution in [0.4, 0.5) is 11.4 Å². The van der Waals surface area contributed by atoms with E-state index in [4.69, 9.17) is 21.1 Å². The number of piperidine rings is 1. The van der Waals surface area contributed by atoms with Gasteiger partial charge in [-0.2, -0.15) is 0 Å². The molecule has 2 fully saturated rings. The molecule has 7 nitrogen and oxygen atoms in total. The zero-order valence-corrected chi connectivity index (χ0v) is 27.6. The fourth-order valence-corrected chi connectivity index (χ4v) is 6.79. The van der Waals surface area contributed by atoms with Gasteiger partial charge in [-0.05, 0) is 110 Å². The van der Waals surface area contributed by atoms with Crippen molar-refractivity contribution in [2.75, 3.05) is 43.6 Å². The van der Waals surface area contributed by atoms with E-state index in [1.165, 1.54) is 0 Å². The lowest BCUT2D eigenvalue weighted by atomic mass is 9.86. The minimum absolute atomic E-state index is 0.0220. The van der Waals surface area contributed by atoms with E-state index >= 15 is 0 Å². The average Bonchev–Trinajstić information content (AvgIpc) is 3.90. The third-order valence-corrected chi connectivity index (χ3v) is 9.88. The van der Waals surface area contributed by atoms with Crippen LogP contribution in [0.3, 0.4) is 0 Å². The molecule has 2 unspecified atom stereocenters. The SMILES string of the molecule is CCC(C)Oc1cc2c(cc1OC)CC(=O)N(c1ccc(N(C)CC3CCN(C(=O)C4CC4)CC3)cc1)C2c1ccc(Cl)cc1. The summed E-state index contributed by atoms with van der Waals surface area (Å²) in [5, 5.41) is 0.649. The minimum atomic E-state index is -0.351. The molecule has 0 aromatic heterocycles. The molecule has 0 N–H and O–H groups in total. The minimum Gasteiger partial charge on any atom is -0.493 e. The summed E-state index contributed by atoms with van der Waals surface area (Å²) in [6.45, 7) is 6.81. The number of ether oxygens (including phenoxy) is 2. The molecule has 1 saturated carbocycles. The summed E-state index contributed by atoms with van der Waals surface area (Å²) in [5.41, 5.74) is 4.88. The van der Waals surface area contributed by atoms with Gasteiger partial charge in [0.2, 0.25) is 11.8 Å². The summed E-state index contributed by atoms with van der Waals surface area (Å²) in [4.78, 5) is 32.6. The van der Waals surface area contributed by atoms with Gasteiger partial charge in [-0.3, -0.25) is 9.59 Å². The van der Waals surface area contributed by atoms with Crippen LogP contribution in [0.2, 0.25) is 5.02 Å². The number of rotatable bonds is 10. The Morgan fingerprint density at radius 2 is 1.69 bits per heavy atom. The average molecular weight is 630 g/mol. The highest BCUT2D eigenvalue weighted by atomic mass is 35.5. The molecule has 0 spiro atoms. The third-order valence-electron chi connectivity index (χ3n) is 9.63. The molecule has 1 aliphatic carbocycles. The molecule has 238 valence electrons. The molecule has 45 heavy (non-hydrogen) atoms. The Hall–Kier alpha value is -3.71. The van der Waals surface area contributed by atoms with E-state index in [1.807, 2.05) is 48.2 Å². The largest absolute Gasteiger partial charge is 0.493 e. The lowest BCUT2D eigenvalue weighted by Gasteiger charge is -2.38. The molecule has 6 rings (SSSR count). The molecule has 0 bridgehead atoms. The zero-order chi connectivity index (χ0) is 31.7. The van der Waals surface area contributed by atoms with E-state index in [0.29, 0.717) is 34.3 Å². The highest BCUT2D eigenvalue weighted by Crippen LogP contribution is 2.44. The van der Waals surface area contributed by atoms with Crippen LogP contribution in [0.25, 0.3) is 0 Å². The molecule has 2 heterocycles. The van der Waals surface area contributed by atoms with Gasteiger partial charge in [-0.25, -0.2) is 0 Å². The first-order chi connectivity index (χ1) is 21.7. The lowest BCUT2D eigenvalue weighted by molar-refractivity contribution is -0.133. The van der Waals surface area contributed by atoms with E-state index in [-0.39, 0.29) is 24.5 Å². The Morgan fingerprint density at radius 1 is 1.00 bits per heavy atom. The van der Waals surface area contributed by atoms with E-state index in [1.54, 1.807) is 7.11 Å². The Bertz CT molecular complexity index is 1510. The second kappa shape index (κ2) is 13.3. The number of anilines is 2. The first-order valence-electron chi connectivity index (χ1n) is 16.3. The number of methoxy groups -OCH3 is 1. The number of hydrogen-bond acceptors (Lipinski definition) is 5. The number of nitrogens with zero attached hydrogens (tertiary/aromatic N) is 3. The van der Waals surface area contributed by atoms with Gasteiger partial charge in [-0.1, -0.05) is 30.7 Å². The molecule has 2 aliphatic heterocycles. The summed E-state index contributed by atoms with van der Waals surface area (Å²) < 4.78 is 12.0. The van der Waals surface area contributed by atoms with Gasteiger partial charge in [-0.15, -0.1) is 0 Å². The molecule has 3 aromatic rings. The van der Waals surface area contributed by atoms with Crippen molar-refractivity contribution in [3.63, 3.8) is 0 Å². The van der Waals surface area contributed by atoms with Crippen molar-refractivity contribution < 1.29 is 19.1 Å². The molecule has 1 saturated heterocycles. The Balaban J connectivity index is 1.24. The number of fused-ring (bicyclic) bond motifs is 1. The number of carbonyl (C=O) groups excluding carboxylic acids is 2. The molecule has 3 aromatic carbocycles. The number of carbonyl (C=O) groups is 2. The van der Waals surface area contributed by atoms with Gasteiger partial charge in [0, 0.05) is 49.0 Å². The van der Waals surface area contributed by atoms with Crippen LogP contribution in [0.15, 0.2) is 60.7 Å². The van der Waals surface area contributed by atoms with Crippen molar-refractivity contribution in [3.05, 3.63) is 82.4 Å². The van der Waals surface area contributed by atoms with Crippen molar-refractivity contribution in [1.29, 1.82) is 0 Å². The number of benzene rings is 3. The smallest absolute Gasteiger partial charge is 0.232 e. The second-order valence-electron chi connectivity index (χ2n) is 12.9. The first-order valence-corrected chi connectivity index (χ1v) is 16.7. The van der Waals surface area contributed by atoms with Crippen molar-refractivity contribution >= 4 is 34.8 Å². The van der Waals surface area contributed by atoms with Crippen molar-refractivity contribution in [2.45, 2.75) is 64.5 Å². The van der Waals surface area contributed by atoms with Crippen LogP contribution in [0.5, 0.6) is 11.5 Å². The monoisotopic (exact) mass is 629 g/mol. The van der Waals surface area contributed by atoms with Crippen molar-refractivity contribution in [3.8, 4) is 11.5 Å². The highest BCUT2D eigenvalue weighted by Gasteiger charge is 2.37. The van der Waals surface area contributed by atoms with Crippen molar-refractivity contribution in [1.82, 2.24) is 4.90 Å². The van der Waals surface area contributed by atoms with Gasteiger partial charge in [0.1, 0.15) is 0 Å². The van der Waals surface area contributed by atoms with E-state index in [2.05, 4.69) is 48.0 Å². The Morgan fingerprint density at radius 3 is 2.31 bits per heavy atom. The highest BCUT2D eigenvalue weighted by molar-refractivity contribution is 6.30. The fourth-order valence-electron chi connectivity index (χ4n) is 6.66. The van der Waals surface area contributed by atoms with Gasteiger partial charge in [0.05, 0.1) is 25.7 Å². The first kappa shape index (κ1) is 31.3. The molecule has 2 atom stereocenters. The molecule has 8 heteroatoms. The number of amides is 2. The fraction of sp³-hybridized carbons (Fsp3) is 0.459. The number of halogens is 1. The van der Waals surface area contributed by atoms with Gasteiger partial charge in [0.25, 0.3) is 0 Å². The van der Waals surface area contributed by atoms with Gasteiger partial charge < -0.3 is 24.2 Å². The lowest BCUT2D eigenvalue weighted by Crippen LogP contribution is -2.42. The maximum Gasteiger partial charge on any atom is 0.232 e. The van der Waals surface area contributed by atoms with Crippen LogP contribution in [-0.2, 0) is 16.0 Å². The topological polar surface area (TPSA) is 62.3 Å². The zero-order valence-electron chi connectivity index (χ0n) is 26.8. The second-order valence-corrected chi connectivity index (χ2v) is 13.3. The summed E-state index contributed by atoms with van der Waals surface area (Å²) in [6, 6.07) is 19.7. The summed E-state index contributed by atoms with van der Waals surface area (Å²) in [6.07, 6.45) is 5.37. The maximum atomic E-state index is 13.9. The van der Waals surface area contributed by atoms with E-state index in [0.717, 1.165) is 79.8 Å². The third kappa shape index (κ3) is 6.79. The summed E-state index contributed by atoms with van der Waals surface area (Å²) >= 11 is 6.28. The maximum absolute atomic E-state index is 13.9. The normalized spacial score (nSPS) is 19.2. The standard InChI is InChI=1S/C37H44ClN3O4/c1-5-24(2)45-34-22-32-28(20-33(34)44-4)21-35(42)41(36(32)26-8-10-29(38)11-9-26)31-14-12-30(13-15-31)39(3)23-25-16-18-40(19-17-25)37(43)27-6-7-27/h8-15,20,22,24-25,27,36H,5-7,16-19,21,23H2,1-4H3. The van der Waals surface area contributed by atoms with Crippen LogP contribution in [0.1, 0.15) is 68.7 Å². The molecular formula is C37H44ClN3O4. The van der Waals surface area contributed by atoms with E-state index in [9.17, 15) is 9.59 Å². The predicted octanol–water partition coefficient (Wildman–Crippen LogP) is 7.29. The Kier molecular flexibility index (Phi) is 9.27. The molecule has 2 amide bonds. The number of likely N-dealkylation sites (tertiary alicyclic amines) is 1. The molecule has 3 aliphatic rings. The van der Waals surface area contributed by atoms with Crippen LogP contribution in [0, 0.1) is 11.8 Å². The number of hydrogen-bond donors (Lipinski definition) is 0. The van der Waals surface area contributed by atoms with Crippen LogP contribution < -0.4 is 19.3 Å². The summed E-state index contributed by atoms with van der Waals surface area (Å²) in [7, 11) is 3.76. The molecular weight excluding hydrogens is 586 g/mol. The van der Waals surface area contributed by atoms with Gasteiger partial charge >= 0.3 is 0 Å². The van der Waals surface area contributed by atoms with Gasteiger partial charge in [0.15, 0.2) is 11.5 Å². The van der Waals surface area contributed by atoms with Crippen LogP contribution in [-0.4, -0.2) is 56.6 Å². The summed E-state index contributed by atoms with van der Waals surface area (Å²) in [5.74, 6) is 2.55. The Labute approximate surface area is 272 Å². The van der Waals surface area contributed by atoms with Crippen LogP contribution >= 0.6 is 11.6 Å². The predicted molar refractivity (Wildman–Crippen MR) is 180 cm³/mol.